The van der Waals surface area contributed by atoms with Crippen molar-refractivity contribution in [1.82, 2.24) is 10.3 Å². The Balaban J connectivity index is 1.80. The quantitative estimate of drug-likeness (QED) is 0.566. The minimum absolute atomic E-state index is 0.0169. The van der Waals surface area contributed by atoms with Gasteiger partial charge in [-0.15, -0.1) is 0 Å². The van der Waals surface area contributed by atoms with Crippen molar-refractivity contribution in [3.8, 4) is 11.5 Å². The predicted molar refractivity (Wildman–Crippen MR) is 101 cm³/mol. The van der Waals surface area contributed by atoms with Crippen LogP contribution in [0.2, 0.25) is 0 Å². The molecule has 3 rings (SSSR count). The van der Waals surface area contributed by atoms with Gasteiger partial charge in [-0.05, 0) is 23.3 Å². The number of hydrogen-bond acceptors (Lipinski definition) is 5. The van der Waals surface area contributed by atoms with E-state index in [0.29, 0.717) is 5.56 Å². The highest BCUT2D eigenvalue weighted by atomic mass is 19.1. The van der Waals surface area contributed by atoms with Crippen LogP contribution in [0.3, 0.4) is 0 Å². The van der Waals surface area contributed by atoms with Gasteiger partial charge in [0.25, 0.3) is 5.91 Å². The molecule has 1 aromatic heterocycles. The van der Waals surface area contributed by atoms with Gasteiger partial charge in [-0.3, -0.25) is 4.79 Å². The van der Waals surface area contributed by atoms with Crippen LogP contribution < -0.4 is 10.1 Å². The number of pyridine rings is 1. The maximum Gasteiger partial charge on any atom is 0.358 e. The van der Waals surface area contributed by atoms with Gasteiger partial charge in [-0.25, -0.2) is 14.2 Å². The van der Waals surface area contributed by atoms with Crippen molar-refractivity contribution in [2.45, 2.75) is 13.2 Å². The maximum atomic E-state index is 13.0. The first kappa shape index (κ1) is 19.8. The minimum Gasteiger partial charge on any atom is -0.504 e. The lowest BCUT2D eigenvalue weighted by Crippen LogP contribution is -2.23. The van der Waals surface area contributed by atoms with E-state index in [2.05, 4.69) is 10.3 Å². The Morgan fingerprint density at radius 3 is 2.38 bits per heavy atom. The average Bonchev–Trinajstić information content (AvgIpc) is 2.72. The highest BCUT2D eigenvalue weighted by Crippen LogP contribution is 2.33. The maximum absolute atomic E-state index is 13.0. The summed E-state index contributed by atoms with van der Waals surface area (Å²) in [6.07, 6.45) is 0.966. The lowest BCUT2D eigenvalue weighted by Gasteiger charge is -2.13. The fourth-order valence-electron chi connectivity index (χ4n) is 2.55. The molecule has 0 aliphatic heterocycles. The molecule has 0 radical (unpaired) electrons. The number of ether oxygens (including phenoxy) is 1. The number of nitrogens with zero attached hydrogens (tertiary/aromatic N) is 1. The number of carbonyl (C=O) groups excluding carboxylic acids is 1. The molecule has 3 aromatic rings. The lowest BCUT2D eigenvalue weighted by atomic mass is 10.1. The first-order valence-electron chi connectivity index (χ1n) is 8.60. The van der Waals surface area contributed by atoms with E-state index in [0.717, 1.165) is 11.8 Å². The lowest BCUT2D eigenvalue weighted by molar-refractivity contribution is 0.0682. The summed E-state index contributed by atoms with van der Waals surface area (Å²) in [5.74, 6) is -3.49. The molecule has 1 heterocycles. The number of hydrogen-bond donors (Lipinski definition) is 3. The molecule has 0 aliphatic rings. The van der Waals surface area contributed by atoms with E-state index in [9.17, 15) is 24.2 Å². The van der Waals surface area contributed by atoms with Crippen LogP contribution in [0.4, 0.5) is 4.39 Å². The minimum atomic E-state index is -1.40. The Hall–Kier alpha value is -3.94. The number of benzene rings is 2. The van der Waals surface area contributed by atoms with Crippen molar-refractivity contribution in [2.75, 3.05) is 0 Å². The standard InChI is InChI=1S/C21H17FN2O5/c22-15-8-6-13(7-9-15)10-24-20(26)16-11-23-17(21(27)28)19(18(16)25)29-12-14-4-2-1-3-5-14/h1-9,11H,10,12H2,(H,23,25)(H,24,26)(H,27,28). The molecule has 8 heteroatoms. The Kier molecular flexibility index (Phi) is 6.03. The second-order valence-electron chi connectivity index (χ2n) is 6.09. The van der Waals surface area contributed by atoms with Crippen LogP contribution in [0.1, 0.15) is 32.0 Å². The summed E-state index contributed by atoms with van der Waals surface area (Å²) in [6, 6.07) is 14.5. The van der Waals surface area contributed by atoms with E-state index in [1.165, 1.54) is 24.3 Å². The van der Waals surface area contributed by atoms with E-state index >= 15 is 0 Å². The van der Waals surface area contributed by atoms with Gasteiger partial charge in [-0.2, -0.15) is 0 Å². The third kappa shape index (κ3) is 4.86. The molecule has 3 N–H and O–H groups in total. The summed E-state index contributed by atoms with van der Waals surface area (Å²) in [7, 11) is 0. The number of carboxylic acids is 1. The number of nitrogens with one attached hydrogen (secondary N) is 1. The molecule has 0 saturated carbocycles. The van der Waals surface area contributed by atoms with E-state index < -0.39 is 34.9 Å². The van der Waals surface area contributed by atoms with Gasteiger partial charge in [0.05, 0.1) is 0 Å². The first-order chi connectivity index (χ1) is 14.0. The van der Waals surface area contributed by atoms with Crippen LogP contribution in [0, 0.1) is 5.82 Å². The van der Waals surface area contributed by atoms with Gasteiger partial charge in [0.2, 0.25) is 0 Å². The zero-order chi connectivity index (χ0) is 20.8. The summed E-state index contributed by atoms with van der Waals surface area (Å²) in [5, 5.41) is 22.3. The van der Waals surface area contributed by atoms with Crippen molar-refractivity contribution < 1.29 is 28.9 Å². The number of carboxylic acid groups (broad SMARTS) is 1. The zero-order valence-electron chi connectivity index (χ0n) is 15.1. The van der Waals surface area contributed by atoms with Crippen LogP contribution in [0.15, 0.2) is 60.8 Å². The van der Waals surface area contributed by atoms with Crippen molar-refractivity contribution >= 4 is 11.9 Å². The number of amides is 1. The van der Waals surface area contributed by atoms with Crippen molar-refractivity contribution in [3.05, 3.63) is 89.0 Å². The molecule has 2 aromatic carbocycles. The monoisotopic (exact) mass is 396 g/mol. The molecular formula is C21H17FN2O5. The van der Waals surface area contributed by atoms with Crippen molar-refractivity contribution in [3.63, 3.8) is 0 Å². The average molecular weight is 396 g/mol. The molecule has 1 amide bonds. The Labute approximate surface area is 165 Å². The molecular weight excluding hydrogens is 379 g/mol. The summed E-state index contributed by atoms with van der Waals surface area (Å²) in [5.41, 5.74) is 0.651. The number of aromatic carboxylic acids is 1. The predicted octanol–water partition coefficient (Wildman–Crippen LogP) is 3.13. The summed E-state index contributed by atoms with van der Waals surface area (Å²) in [6.45, 7) is 0.0659. The van der Waals surface area contributed by atoms with E-state index in [-0.39, 0.29) is 18.7 Å². The third-order valence-corrected chi connectivity index (χ3v) is 4.05. The second-order valence-corrected chi connectivity index (χ2v) is 6.09. The van der Waals surface area contributed by atoms with Crippen LogP contribution in [0.25, 0.3) is 0 Å². The number of carbonyl (C=O) groups is 2. The van der Waals surface area contributed by atoms with E-state index in [1.54, 1.807) is 24.3 Å². The summed E-state index contributed by atoms with van der Waals surface area (Å²) < 4.78 is 18.4. The van der Waals surface area contributed by atoms with Crippen LogP contribution in [-0.2, 0) is 13.2 Å². The molecule has 148 valence electrons. The molecule has 0 atom stereocenters. The highest BCUT2D eigenvalue weighted by molar-refractivity contribution is 5.99. The largest absolute Gasteiger partial charge is 0.504 e. The van der Waals surface area contributed by atoms with Crippen molar-refractivity contribution in [1.29, 1.82) is 0 Å². The van der Waals surface area contributed by atoms with Gasteiger partial charge < -0.3 is 20.3 Å². The summed E-state index contributed by atoms with van der Waals surface area (Å²) in [4.78, 5) is 27.6. The topological polar surface area (TPSA) is 109 Å². The molecule has 7 nitrogen and oxygen atoms in total. The molecule has 0 aliphatic carbocycles. The normalized spacial score (nSPS) is 10.4. The second kappa shape index (κ2) is 8.83. The molecule has 29 heavy (non-hydrogen) atoms. The molecule has 0 unspecified atom stereocenters. The molecule has 0 fully saturated rings. The molecule has 0 bridgehead atoms. The number of rotatable bonds is 7. The van der Waals surface area contributed by atoms with Gasteiger partial charge in [0.1, 0.15) is 18.0 Å². The Morgan fingerprint density at radius 1 is 1.03 bits per heavy atom. The smallest absolute Gasteiger partial charge is 0.358 e. The molecule has 0 spiro atoms. The van der Waals surface area contributed by atoms with Crippen LogP contribution in [-0.4, -0.2) is 27.1 Å². The number of halogens is 1. The van der Waals surface area contributed by atoms with Gasteiger partial charge in [0.15, 0.2) is 17.2 Å². The number of aromatic nitrogens is 1. The van der Waals surface area contributed by atoms with Crippen LogP contribution in [0.5, 0.6) is 11.5 Å². The SMILES string of the molecule is O=C(NCc1ccc(F)cc1)c1cnc(C(=O)O)c(OCc2ccccc2)c1O. The number of aromatic hydroxyl groups is 1. The Bertz CT molecular complexity index is 1020. The Morgan fingerprint density at radius 2 is 1.72 bits per heavy atom. The fraction of sp³-hybridized carbons (Fsp3) is 0.0952. The fourth-order valence-corrected chi connectivity index (χ4v) is 2.55. The summed E-state index contributed by atoms with van der Waals surface area (Å²) >= 11 is 0. The zero-order valence-corrected chi connectivity index (χ0v) is 15.1. The first-order valence-corrected chi connectivity index (χ1v) is 8.60. The van der Waals surface area contributed by atoms with Crippen molar-refractivity contribution in [2.24, 2.45) is 0 Å². The highest BCUT2D eigenvalue weighted by Gasteiger charge is 2.24. The van der Waals surface area contributed by atoms with E-state index in [1.807, 2.05) is 6.07 Å². The van der Waals surface area contributed by atoms with Gasteiger partial charge in [-0.1, -0.05) is 42.5 Å². The third-order valence-electron chi connectivity index (χ3n) is 4.05. The van der Waals surface area contributed by atoms with Crippen LogP contribution >= 0.6 is 0 Å². The molecule has 0 saturated heterocycles. The van der Waals surface area contributed by atoms with E-state index in [4.69, 9.17) is 4.74 Å². The van der Waals surface area contributed by atoms with Gasteiger partial charge >= 0.3 is 5.97 Å². The van der Waals surface area contributed by atoms with Gasteiger partial charge in [0, 0.05) is 12.7 Å².